The quantitative estimate of drug-likeness (QED) is 0.766. The molecule has 2 aromatic carbocycles. The minimum absolute atomic E-state index is 1.08. The molecule has 0 amide bonds. The van der Waals surface area contributed by atoms with Gasteiger partial charge in [-0.3, -0.25) is 4.90 Å². The number of hydrogen-bond acceptors (Lipinski definition) is 1. The molecule has 0 atom stereocenters. The van der Waals surface area contributed by atoms with Crippen LogP contribution in [0.5, 0.6) is 0 Å². The Bertz CT molecular complexity index is 572. The van der Waals surface area contributed by atoms with Crippen LogP contribution in [-0.4, -0.2) is 11.9 Å². The second-order valence-corrected chi connectivity index (χ2v) is 5.17. The molecule has 0 aliphatic carbocycles. The van der Waals surface area contributed by atoms with E-state index in [1.807, 2.05) is 0 Å². The molecule has 1 nitrogen and oxygen atoms in total. The van der Waals surface area contributed by atoms with Crippen molar-refractivity contribution in [3.05, 3.63) is 59.2 Å². The molecule has 0 spiro atoms. The zero-order chi connectivity index (χ0) is 12.5. The maximum atomic E-state index is 2.37. The number of benzene rings is 2. The van der Waals surface area contributed by atoms with E-state index in [0.717, 1.165) is 19.5 Å². The summed E-state index contributed by atoms with van der Waals surface area (Å²) in [7, 11) is 2.18. The molecule has 0 radical (unpaired) electrons. The van der Waals surface area contributed by atoms with Crippen molar-refractivity contribution in [2.75, 3.05) is 7.05 Å². The summed E-state index contributed by atoms with van der Waals surface area (Å²) in [5.74, 6) is 0. The lowest BCUT2D eigenvalue weighted by Gasteiger charge is -2.09. The minimum atomic E-state index is 1.08. The first-order chi connectivity index (χ1) is 8.78. The first-order valence-electron chi connectivity index (χ1n) is 6.66. The Hall–Kier alpha value is -1.60. The van der Waals surface area contributed by atoms with Crippen molar-refractivity contribution in [3.8, 4) is 11.1 Å². The maximum Gasteiger partial charge on any atom is 0.0237 e. The highest BCUT2D eigenvalue weighted by atomic mass is 15.1. The number of aryl methyl sites for hydroxylation is 1. The van der Waals surface area contributed by atoms with Crippen molar-refractivity contribution in [2.24, 2.45) is 0 Å². The lowest BCUT2D eigenvalue weighted by Crippen LogP contribution is -2.07. The normalized spacial score (nSPS) is 14.8. The van der Waals surface area contributed by atoms with Gasteiger partial charge in [0.25, 0.3) is 0 Å². The Morgan fingerprint density at radius 2 is 1.78 bits per heavy atom. The van der Waals surface area contributed by atoms with E-state index < -0.39 is 0 Å². The smallest absolute Gasteiger partial charge is 0.0237 e. The molecule has 0 unspecified atom stereocenters. The summed E-state index contributed by atoms with van der Waals surface area (Å²) >= 11 is 0. The predicted molar refractivity (Wildman–Crippen MR) is 76.4 cm³/mol. The average molecular weight is 237 g/mol. The summed E-state index contributed by atoms with van der Waals surface area (Å²) in [4.78, 5) is 2.36. The summed E-state index contributed by atoms with van der Waals surface area (Å²) in [6, 6.07) is 15.7. The number of hydrogen-bond donors (Lipinski definition) is 0. The Balaban J connectivity index is 2.06. The van der Waals surface area contributed by atoms with Crippen LogP contribution in [0.3, 0.4) is 0 Å². The molecular formula is C17H19N. The van der Waals surface area contributed by atoms with Crippen LogP contribution >= 0.6 is 0 Å². The maximum absolute atomic E-state index is 2.37. The summed E-state index contributed by atoms with van der Waals surface area (Å²) in [5.41, 5.74) is 7.15. The van der Waals surface area contributed by atoms with Crippen molar-refractivity contribution in [1.82, 2.24) is 4.90 Å². The van der Waals surface area contributed by atoms with Gasteiger partial charge >= 0.3 is 0 Å². The van der Waals surface area contributed by atoms with Crippen LogP contribution in [0.15, 0.2) is 42.5 Å². The first kappa shape index (κ1) is 11.5. The summed E-state index contributed by atoms with van der Waals surface area (Å²) in [5, 5.41) is 0. The molecule has 0 N–H and O–H groups in total. The number of nitrogens with zero attached hydrogens (tertiary/aromatic N) is 1. The van der Waals surface area contributed by atoms with Crippen molar-refractivity contribution in [3.63, 3.8) is 0 Å². The zero-order valence-corrected chi connectivity index (χ0v) is 11.1. The Morgan fingerprint density at radius 1 is 1.00 bits per heavy atom. The van der Waals surface area contributed by atoms with E-state index >= 15 is 0 Å². The third-order valence-corrected chi connectivity index (χ3v) is 3.80. The van der Waals surface area contributed by atoms with E-state index in [2.05, 4.69) is 61.3 Å². The van der Waals surface area contributed by atoms with Crippen LogP contribution in [-0.2, 0) is 19.5 Å². The van der Waals surface area contributed by atoms with Crippen LogP contribution in [0.2, 0.25) is 0 Å². The SMILES string of the molecule is CCc1ccccc1-c1ccc2c(c1)CN(C)C2. The Labute approximate surface area is 109 Å². The fourth-order valence-electron chi connectivity index (χ4n) is 2.84. The third kappa shape index (κ3) is 1.95. The fourth-order valence-corrected chi connectivity index (χ4v) is 2.84. The molecule has 92 valence electrons. The standard InChI is InChI=1S/C17H19N/c1-3-13-6-4-5-7-17(13)14-8-9-15-11-18(2)12-16(15)10-14/h4-10H,3,11-12H2,1-2H3. The van der Waals surface area contributed by atoms with E-state index in [9.17, 15) is 0 Å². The molecule has 1 heterocycles. The molecule has 0 saturated carbocycles. The Kier molecular flexibility index (Phi) is 2.92. The summed E-state index contributed by atoms with van der Waals surface area (Å²) in [6.07, 6.45) is 1.09. The van der Waals surface area contributed by atoms with Crippen LogP contribution < -0.4 is 0 Å². The molecule has 2 aromatic rings. The van der Waals surface area contributed by atoms with Gasteiger partial charge < -0.3 is 0 Å². The van der Waals surface area contributed by atoms with Crippen molar-refractivity contribution >= 4 is 0 Å². The topological polar surface area (TPSA) is 3.24 Å². The molecule has 1 aliphatic rings. The first-order valence-corrected chi connectivity index (χ1v) is 6.66. The van der Waals surface area contributed by atoms with Gasteiger partial charge in [-0.2, -0.15) is 0 Å². The van der Waals surface area contributed by atoms with Gasteiger partial charge in [0.15, 0.2) is 0 Å². The van der Waals surface area contributed by atoms with Crippen LogP contribution in [0.25, 0.3) is 11.1 Å². The molecule has 0 fully saturated rings. The van der Waals surface area contributed by atoms with Crippen LogP contribution in [0.4, 0.5) is 0 Å². The molecular weight excluding hydrogens is 218 g/mol. The highest BCUT2D eigenvalue weighted by molar-refractivity contribution is 5.68. The fraction of sp³-hybridized carbons (Fsp3) is 0.294. The van der Waals surface area contributed by atoms with Gasteiger partial charge in [-0.05, 0) is 47.4 Å². The average Bonchev–Trinajstić information content (AvgIpc) is 2.77. The highest BCUT2D eigenvalue weighted by Gasteiger charge is 2.16. The van der Waals surface area contributed by atoms with Gasteiger partial charge in [-0.1, -0.05) is 43.3 Å². The monoisotopic (exact) mass is 237 g/mol. The van der Waals surface area contributed by atoms with Gasteiger partial charge in [-0.15, -0.1) is 0 Å². The van der Waals surface area contributed by atoms with Gasteiger partial charge in [0.1, 0.15) is 0 Å². The largest absolute Gasteiger partial charge is 0.298 e. The predicted octanol–water partition coefficient (Wildman–Crippen LogP) is 3.86. The van der Waals surface area contributed by atoms with E-state index in [0.29, 0.717) is 0 Å². The van der Waals surface area contributed by atoms with Gasteiger partial charge in [0.05, 0.1) is 0 Å². The lowest BCUT2D eigenvalue weighted by molar-refractivity contribution is 0.353. The number of fused-ring (bicyclic) bond motifs is 1. The second-order valence-electron chi connectivity index (χ2n) is 5.17. The van der Waals surface area contributed by atoms with Crippen molar-refractivity contribution < 1.29 is 0 Å². The molecule has 0 saturated heterocycles. The lowest BCUT2D eigenvalue weighted by atomic mass is 9.95. The van der Waals surface area contributed by atoms with Crippen LogP contribution in [0, 0.1) is 0 Å². The summed E-state index contributed by atoms with van der Waals surface area (Å²) in [6.45, 7) is 4.39. The van der Waals surface area contributed by atoms with Crippen LogP contribution in [0.1, 0.15) is 23.6 Å². The zero-order valence-electron chi connectivity index (χ0n) is 11.1. The Morgan fingerprint density at radius 3 is 2.61 bits per heavy atom. The van der Waals surface area contributed by atoms with Gasteiger partial charge in [0, 0.05) is 13.1 Å². The molecule has 0 aromatic heterocycles. The van der Waals surface area contributed by atoms with E-state index in [1.54, 1.807) is 0 Å². The molecule has 0 bridgehead atoms. The molecule has 18 heavy (non-hydrogen) atoms. The van der Waals surface area contributed by atoms with E-state index in [4.69, 9.17) is 0 Å². The molecule has 3 rings (SSSR count). The molecule has 1 heteroatoms. The third-order valence-electron chi connectivity index (χ3n) is 3.80. The van der Waals surface area contributed by atoms with Gasteiger partial charge in [0.2, 0.25) is 0 Å². The van der Waals surface area contributed by atoms with Crippen molar-refractivity contribution in [1.29, 1.82) is 0 Å². The summed E-state index contributed by atoms with van der Waals surface area (Å²) < 4.78 is 0. The minimum Gasteiger partial charge on any atom is -0.298 e. The van der Waals surface area contributed by atoms with Crippen molar-refractivity contribution in [2.45, 2.75) is 26.4 Å². The number of rotatable bonds is 2. The van der Waals surface area contributed by atoms with Gasteiger partial charge in [-0.25, -0.2) is 0 Å². The van der Waals surface area contributed by atoms with E-state index in [-0.39, 0.29) is 0 Å². The highest BCUT2D eigenvalue weighted by Crippen LogP contribution is 2.29. The van der Waals surface area contributed by atoms with E-state index in [1.165, 1.54) is 27.8 Å². The molecule has 1 aliphatic heterocycles. The second kappa shape index (κ2) is 4.58.